The number of thioether (sulfide) groups is 2. The fourth-order valence-electron chi connectivity index (χ4n) is 4.51. The molecule has 5 rings (SSSR count). The van der Waals surface area contributed by atoms with Crippen LogP contribution in [0.15, 0.2) is 64.0 Å². The monoisotopic (exact) mass is 709 g/mol. The lowest BCUT2D eigenvalue weighted by Gasteiger charge is -2.53. The van der Waals surface area contributed by atoms with Crippen molar-refractivity contribution in [1.82, 2.24) is 15.2 Å². The maximum Gasteiger partial charge on any atom is 0.413 e. The summed E-state index contributed by atoms with van der Waals surface area (Å²) in [4.78, 5) is 62.2. The Kier molecular flexibility index (Phi) is 10.4. The number of carbonyl (C=O) groups excluding carboxylic acids is 3. The van der Waals surface area contributed by atoms with E-state index in [1.165, 1.54) is 40.9 Å². The van der Waals surface area contributed by atoms with Crippen LogP contribution in [0.4, 0.5) is 9.93 Å². The Bertz CT molecular complexity index is 1640. The average Bonchev–Trinajstić information content (AvgIpc) is 3.49. The molecule has 236 valence electrons. The molecule has 0 aliphatic carbocycles. The number of nitrogens with zero attached hydrogens (tertiary/aromatic N) is 3. The van der Waals surface area contributed by atoms with E-state index in [-0.39, 0.29) is 41.2 Å². The molecular weight excluding hydrogens is 685 g/mol. The molecule has 1 aromatic heterocycles. The van der Waals surface area contributed by atoms with E-state index in [2.05, 4.69) is 20.8 Å². The normalized spacial score (nSPS) is 20.9. The van der Waals surface area contributed by atoms with E-state index in [1.807, 2.05) is 30.3 Å². The third-order valence-electron chi connectivity index (χ3n) is 6.85. The van der Waals surface area contributed by atoms with E-state index >= 15 is 0 Å². The Labute approximate surface area is 279 Å². The Morgan fingerprint density at radius 1 is 1.22 bits per heavy atom. The summed E-state index contributed by atoms with van der Waals surface area (Å²) in [6.07, 6.45) is -0.726. The molecule has 3 amide bonds. The van der Waals surface area contributed by atoms with Crippen molar-refractivity contribution in [3.8, 4) is 0 Å². The molecule has 2 unspecified atom stereocenters. The van der Waals surface area contributed by atoms with Crippen molar-refractivity contribution in [3.05, 3.63) is 75.2 Å². The summed E-state index contributed by atoms with van der Waals surface area (Å²) in [5.74, 6) is -1.78. The number of carboxylic acids is 1. The van der Waals surface area contributed by atoms with Crippen molar-refractivity contribution in [1.29, 1.82) is 0 Å². The van der Waals surface area contributed by atoms with Crippen LogP contribution >= 0.6 is 58.1 Å². The van der Waals surface area contributed by atoms with Crippen LogP contribution in [0.25, 0.3) is 0 Å². The van der Waals surface area contributed by atoms with Gasteiger partial charge in [0.1, 0.15) is 36.2 Å². The second kappa shape index (κ2) is 14.3. The van der Waals surface area contributed by atoms with Crippen LogP contribution in [-0.4, -0.2) is 81.2 Å². The number of rotatable bonds is 11. The molecule has 0 bridgehead atoms. The van der Waals surface area contributed by atoms with Gasteiger partial charge in [0.25, 0.3) is 5.91 Å². The highest BCUT2D eigenvalue weighted by atomic mass is 35.5. The molecule has 2 fully saturated rings. The van der Waals surface area contributed by atoms with Gasteiger partial charge in [0.15, 0.2) is 10.8 Å². The minimum atomic E-state index is -1.23. The number of oxime groups is 1. The first kappa shape index (κ1) is 32.9. The average molecular weight is 711 g/mol. The SMILES string of the molecule is CON=C(C(=O)NC1C(=O)N2CC(CSc3ccc(Cl)cc3Cl)(C(=O)O)CS[C@H]12)c1csc(NC(=O)OCc2ccccc2)n1. The minimum absolute atomic E-state index is 0.0239. The third kappa shape index (κ3) is 7.49. The first-order chi connectivity index (χ1) is 21.6. The van der Waals surface area contributed by atoms with Crippen LogP contribution in [0.3, 0.4) is 0 Å². The number of β-lactam (4-membered cyclic amide) rings is 1. The van der Waals surface area contributed by atoms with Gasteiger partial charge in [0.05, 0.1) is 5.02 Å². The van der Waals surface area contributed by atoms with Crippen LogP contribution in [0.1, 0.15) is 11.3 Å². The molecule has 0 spiro atoms. The van der Waals surface area contributed by atoms with Crippen molar-refractivity contribution in [2.45, 2.75) is 22.9 Å². The van der Waals surface area contributed by atoms with Crippen LogP contribution < -0.4 is 10.6 Å². The number of halogens is 2. The third-order valence-corrected chi connectivity index (χ3v) is 11.2. The zero-order valence-electron chi connectivity index (χ0n) is 23.4. The number of ether oxygens (including phenoxy) is 1. The van der Waals surface area contributed by atoms with Gasteiger partial charge in [-0.1, -0.05) is 58.7 Å². The van der Waals surface area contributed by atoms with Crippen molar-refractivity contribution in [2.24, 2.45) is 10.6 Å². The fourth-order valence-corrected chi connectivity index (χ4v) is 8.54. The topological polar surface area (TPSA) is 160 Å². The van der Waals surface area contributed by atoms with E-state index in [1.54, 1.807) is 18.2 Å². The number of carboxylic acid groups (broad SMARTS) is 1. The summed E-state index contributed by atoms with van der Waals surface area (Å²) in [5.41, 5.74) is -0.508. The Morgan fingerprint density at radius 3 is 2.71 bits per heavy atom. The number of carbonyl (C=O) groups is 4. The Hall–Kier alpha value is -3.50. The second-order valence-electron chi connectivity index (χ2n) is 9.91. The molecule has 45 heavy (non-hydrogen) atoms. The summed E-state index contributed by atoms with van der Waals surface area (Å²) in [5, 5.41) is 21.2. The van der Waals surface area contributed by atoms with Crippen LogP contribution in [-0.2, 0) is 30.6 Å². The van der Waals surface area contributed by atoms with Gasteiger partial charge < -0.3 is 24.9 Å². The lowest BCUT2D eigenvalue weighted by molar-refractivity contribution is -0.157. The number of hydrogen-bond acceptors (Lipinski definition) is 11. The standard InChI is InChI=1S/C28H25Cl2N5O7S3/c1-41-34-20(18-11-43-26(31-18)33-27(40)42-10-15-5-3-2-4-6-15)22(36)32-21-23(37)35-12-28(25(38)39,14-45-24(21)35)13-44-19-8-7-16(29)9-17(19)30/h2-9,11,21,24H,10,12-14H2,1H3,(H,32,36)(H,38,39)(H,31,33,40)/t21?,24-,28?/m1/s1. The highest BCUT2D eigenvalue weighted by molar-refractivity contribution is 8.00. The molecule has 0 saturated carbocycles. The van der Waals surface area contributed by atoms with Gasteiger partial charge in [0, 0.05) is 33.3 Å². The molecule has 2 saturated heterocycles. The van der Waals surface area contributed by atoms with Crippen molar-refractivity contribution in [3.63, 3.8) is 0 Å². The molecule has 12 nitrogen and oxygen atoms in total. The highest BCUT2D eigenvalue weighted by Gasteiger charge is 2.57. The van der Waals surface area contributed by atoms with Crippen LogP contribution in [0.2, 0.25) is 10.0 Å². The molecule has 2 aromatic carbocycles. The lowest BCUT2D eigenvalue weighted by atomic mass is 9.89. The van der Waals surface area contributed by atoms with Crippen molar-refractivity contribution < 1.29 is 33.9 Å². The molecule has 0 radical (unpaired) electrons. The highest BCUT2D eigenvalue weighted by Crippen LogP contribution is 2.45. The summed E-state index contributed by atoms with van der Waals surface area (Å²) in [6, 6.07) is 13.2. The maximum absolute atomic E-state index is 13.2. The maximum atomic E-state index is 13.2. The van der Waals surface area contributed by atoms with E-state index in [4.69, 9.17) is 32.8 Å². The van der Waals surface area contributed by atoms with E-state index < -0.39 is 40.7 Å². The zero-order valence-corrected chi connectivity index (χ0v) is 27.4. The second-order valence-corrected chi connectivity index (χ2v) is 13.7. The van der Waals surface area contributed by atoms with E-state index in [0.29, 0.717) is 14.9 Å². The number of amides is 3. The van der Waals surface area contributed by atoms with E-state index in [0.717, 1.165) is 16.9 Å². The number of hydrogen-bond donors (Lipinski definition) is 3. The number of anilines is 1. The zero-order chi connectivity index (χ0) is 32.1. The van der Waals surface area contributed by atoms with Crippen LogP contribution in [0, 0.1) is 5.41 Å². The van der Waals surface area contributed by atoms with Gasteiger partial charge in [-0.15, -0.1) is 34.9 Å². The fraction of sp³-hybridized carbons (Fsp3) is 0.286. The Morgan fingerprint density at radius 2 is 2.00 bits per heavy atom. The first-order valence-electron chi connectivity index (χ1n) is 13.2. The number of benzene rings is 2. The first-order valence-corrected chi connectivity index (χ1v) is 16.9. The minimum Gasteiger partial charge on any atom is -0.481 e. The summed E-state index contributed by atoms with van der Waals surface area (Å²) >= 11 is 15.8. The summed E-state index contributed by atoms with van der Waals surface area (Å²) in [7, 11) is 1.26. The van der Waals surface area contributed by atoms with Gasteiger partial charge in [-0.05, 0) is 23.8 Å². The van der Waals surface area contributed by atoms with Gasteiger partial charge in [0.2, 0.25) is 5.91 Å². The molecule has 3 heterocycles. The molecule has 2 aliphatic heterocycles. The number of aromatic nitrogens is 1. The number of aliphatic carboxylic acids is 1. The van der Waals surface area contributed by atoms with Crippen molar-refractivity contribution >= 4 is 92.8 Å². The smallest absolute Gasteiger partial charge is 0.413 e. The van der Waals surface area contributed by atoms with Gasteiger partial charge >= 0.3 is 12.1 Å². The molecule has 17 heteroatoms. The number of fused-ring (bicyclic) bond motifs is 1. The number of thiazole rings is 1. The summed E-state index contributed by atoms with van der Waals surface area (Å²) in [6.45, 7) is 0.0440. The molecule has 2 aliphatic rings. The predicted octanol–water partition coefficient (Wildman–Crippen LogP) is 4.81. The molecule has 3 N–H and O–H groups in total. The van der Waals surface area contributed by atoms with Crippen LogP contribution in [0.5, 0.6) is 0 Å². The van der Waals surface area contributed by atoms with Crippen molar-refractivity contribution in [2.75, 3.05) is 30.5 Å². The summed E-state index contributed by atoms with van der Waals surface area (Å²) < 4.78 is 5.20. The van der Waals surface area contributed by atoms with Gasteiger partial charge in [-0.3, -0.25) is 19.7 Å². The number of nitrogens with one attached hydrogen (secondary N) is 2. The van der Waals surface area contributed by atoms with Gasteiger partial charge in [-0.2, -0.15) is 0 Å². The lowest BCUT2D eigenvalue weighted by Crippen LogP contribution is -2.74. The van der Waals surface area contributed by atoms with E-state index in [9.17, 15) is 24.3 Å². The predicted molar refractivity (Wildman–Crippen MR) is 173 cm³/mol. The quantitative estimate of drug-likeness (QED) is 0.109. The molecule has 3 atom stereocenters. The largest absolute Gasteiger partial charge is 0.481 e. The molecule has 3 aromatic rings. The Balaban J connectivity index is 1.18. The molecular formula is C28H25Cl2N5O7S3. The van der Waals surface area contributed by atoms with Gasteiger partial charge in [-0.25, -0.2) is 9.78 Å².